The number of carbonyl (C=O) groups excluding carboxylic acids is 2. The van der Waals surface area contributed by atoms with E-state index in [2.05, 4.69) is 22.8 Å². The minimum atomic E-state index is 0.0487. The van der Waals surface area contributed by atoms with E-state index >= 15 is 0 Å². The van der Waals surface area contributed by atoms with Gasteiger partial charge < -0.3 is 29.6 Å². The predicted octanol–water partition coefficient (Wildman–Crippen LogP) is 3.93. The fourth-order valence-electron chi connectivity index (χ4n) is 5.78. The van der Waals surface area contributed by atoms with Gasteiger partial charge in [-0.25, -0.2) is 0 Å². The lowest BCUT2D eigenvalue weighted by molar-refractivity contribution is -0.123. The van der Waals surface area contributed by atoms with E-state index in [0.29, 0.717) is 25.7 Å². The van der Waals surface area contributed by atoms with Crippen molar-refractivity contribution < 1.29 is 28.5 Å². The zero-order valence-electron chi connectivity index (χ0n) is 23.0. The smallest absolute Gasteiger partial charge is 0.220 e. The molecule has 0 fully saturated rings. The minimum Gasteiger partial charge on any atom is -0.493 e. The molecule has 0 saturated heterocycles. The van der Waals surface area contributed by atoms with E-state index in [1.54, 1.807) is 28.4 Å². The Morgan fingerprint density at radius 3 is 1.47 bits per heavy atom. The highest BCUT2D eigenvalue weighted by Gasteiger charge is 2.26. The second kappa shape index (κ2) is 12.9. The Morgan fingerprint density at radius 2 is 1.11 bits per heavy atom. The molecule has 2 N–H and O–H groups in total. The normalized spacial score (nSPS) is 18.0. The lowest BCUT2D eigenvalue weighted by Gasteiger charge is -2.27. The van der Waals surface area contributed by atoms with Crippen LogP contribution in [0.1, 0.15) is 60.8 Å². The summed E-state index contributed by atoms with van der Waals surface area (Å²) in [6.07, 6.45) is 7.24. The lowest BCUT2D eigenvalue weighted by atomic mass is 9.87. The monoisotopic (exact) mass is 524 g/mol. The molecule has 0 radical (unpaired) electrons. The van der Waals surface area contributed by atoms with Crippen molar-refractivity contribution in [2.24, 2.45) is 0 Å². The fourth-order valence-corrected chi connectivity index (χ4v) is 5.78. The molecule has 0 heterocycles. The summed E-state index contributed by atoms with van der Waals surface area (Å²) in [7, 11) is 6.61. The summed E-state index contributed by atoms with van der Waals surface area (Å²) in [5.41, 5.74) is 4.73. The molecule has 2 amide bonds. The van der Waals surface area contributed by atoms with Crippen LogP contribution in [0, 0.1) is 0 Å². The third kappa shape index (κ3) is 6.34. The highest BCUT2D eigenvalue weighted by Crippen LogP contribution is 2.38. The third-order valence-corrected chi connectivity index (χ3v) is 7.70. The van der Waals surface area contributed by atoms with E-state index in [1.807, 2.05) is 12.1 Å². The Labute approximate surface area is 225 Å². The van der Waals surface area contributed by atoms with Crippen molar-refractivity contribution in [1.29, 1.82) is 0 Å². The van der Waals surface area contributed by atoms with Crippen LogP contribution in [-0.4, -0.2) is 52.3 Å². The molecule has 2 aromatic rings. The van der Waals surface area contributed by atoms with E-state index in [1.165, 1.54) is 22.3 Å². The number of fused-ring (bicyclic) bond motifs is 2. The van der Waals surface area contributed by atoms with Gasteiger partial charge in [-0.05, 0) is 74.6 Å². The second-order valence-corrected chi connectivity index (χ2v) is 10.1. The van der Waals surface area contributed by atoms with Gasteiger partial charge in [0.25, 0.3) is 0 Å². The fraction of sp³-hybridized carbons (Fsp3) is 0.533. The van der Waals surface area contributed by atoms with Gasteiger partial charge in [0.1, 0.15) is 0 Å². The molecule has 8 nitrogen and oxygen atoms in total. The second-order valence-electron chi connectivity index (χ2n) is 10.1. The molecule has 2 atom stereocenters. The predicted molar refractivity (Wildman–Crippen MR) is 145 cm³/mol. The van der Waals surface area contributed by atoms with Gasteiger partial charge in [0.05, 0.1) is 28.4 Å². The molecule has 2 aliphatic carbocycles. The number of hydrogen-bond donors (Lipinski definition) is 2. The van der Waals surface area contributed by atoms with Crippen LogP contribution >= 0.6 is 0 Å². The molecule has 38 heavy (non-hydrogen) atoms. The first-order valence-electron chi connectivity index (χ1n) is 13.5. The third-order valence-electron chi connectivity index (χ3n) is 7.70. The highest BCUT2D eigenvalue weighted by atomic mass is 16.5. The summed E-state index contributed by atoms with van der Waals surface area (Å²) in [5, 5.41) is 6.35. The number of nitrogens with one attached hydrogen (secondary N) is 2. The van der Waals surface area contributed by atoms with E-state index in [0.717, 1.165) is 61.5 Å². The number of methoxy groups -OCH3 is 4. The van der Waals surface area contributed by atoms with Crippen LogP contribution in [0.3, 0.4) is 0 Å². The van der Waals surface area contributed by atoms with Gasteiger partial charge in [-0.1, -0.05) is 12.1 Å². The Balaban J connectivity index is 1.16. The van der Waals surface area contributed by atoms with E-state index in [9.17, 15) is 9.59 Å². The number of amides is 2. The molecule has 0 aliphatic heterocycles. The van der Waals surface area contributed by atoms with Crippen molar-refractivity contribution in [2.45, 2.75) is 76.3 Å². The average Bonchev–Trinajstić information content (AvgIpc) is 2.93. The minimum absolute atomic E-state index is 0.0487. The topological polar surface area (TPSA) is 95.1 Å². The first-order chi connectivity index (χ1) is 18.5. The van der Waals surface area contributed by atoms with Crippen LogP contribution < -0.4 is 29.6 Å². The standard InChI is InChI=1S/C30H40N2O6/c1-35-25-15-9-19-17-21(11-13-23(19)29(25)37-3)31-27(33)7-5-6-8-28(34)32-22-12-14-24-20(18-22)10-16-26(36-2)30(24)38-4/h9-10,15-16,21-22H,5-8,11-14,17-18H2,1-4H3,(H,31,33)(H,32,34)/t21-,22+. The molecular weight excluding hydrogens is 484 g/mol. The molecule has 0 spiro atoms. The number of benzene rings is 2. The summed E-state index contributed by atoms with van der Waals surface area (Å²) in [6.45, 7) is 0. The molecule has 0 bridgehead atoms. The van der Waals surface area contributed by atoms with Gasteiger partial charge in [0.15, 0.2) is 23.0 Å². The van der Waals surface area contributed by atoms with Crippen molar-refractivity contribution in [2.75, 3.05) is 28.4 Å². The van der Waals surface area contributed by atoms with Gasteiger partial charge in [-0.2, -0.15) is 0 Å². The SMILES string of the molecule is COc1ccc2c(c1OC)CC[C@@H](NC(=O)CCCCC(=O)N[C@H]1CCc3c(ccc(OC)c3OC)C1)C2. The average molecular weight is 525 g/mol. The Morgan fingerprint density at radius 1 is 0.684 bits per heavy atom. The van der Waals surface area contributed by atoms with Crippen molar-refractivity contribution >= 4 is 11.8 Å². The molecule has 0 aromatic heterocycles. The lowest BCUT2D eigenvalue weighted by Crippen LogP contribution is -2.39. The number of hydrogen-bond acceptors (Lipinski definition) is 6. The van der Waals surface area contributed by atoms with Gasteiger partial charge in [0, 0.05) is 36.1 Å². The Kier molecular flexibility index (Phi) is 9.37. The summed E-state index contributed by atoms with van der Waals surface area (Å²) < 4.78 is 21.9. The zero-order chi connectivity index (χ0) is 27.1. The van der Waals surface area contributed by atoms with Crippen molar-refractivity contribution in [3.8, 4) is 23.0 Å². The molecule has 8 heteroatoms. The largest absolute Gasteiger partial charge is 0.493 e. The molecule has 0 saturated carbocycles. The van der Waals surface area contributed by atoms with Gasteiger partial charge in [-0.3, -0.25) is 9.59 Å². The Hall–Kier alpha value is -3.42. The number of rotatable bonds is 11. The van der Waals surface area contributed by atoms with Crippen molar-refractivity contribution in [3.05, 3.63) is 46.5 Å². The molecule has 2 aromatic carbocycles. The number of ether oxygens (including phenoxy) is 4. The van der Waals surface area contributed by atoms with Crippen molar-refractivity contribution in [1.82, 2.24) is 10.6 Å². The summed E-state index contributed by atoms with van der Waals surface area (Å²) in [5.74, 6) is 3.18. The van der Waals surface area contributed by atoms with E-state index in [-0.39, 0.29) is 23.9 Å². The van der Waals surface area contributed by atoms with Crippen LogP contribution in [0.2, 0.25) is 0 Å². The van der Waals surface area contributed by atoms with E-state index in [4.69, 9.17) is 18.9 Å². The Bertz CT molecular complexity index is 1060. The van der Waals surface area contributed by atoms with Crippen LogP contribution in [0.25, 0.3) is 0 Å². The number of unbranched alkanes of at least 4 members (excludes halogenated alkanes) is 1. The van der Waals surface area contributed by atoms with Crippen molar-refractivity contribution in [3.63, 3.8) is 0 Å². The molecule has 0 unspecified atom stereocenters. The van der Waals surface area contributed by atoms with E-state index < -0.39 is 0 Å². The quantitative estimate of drug-likeness (QED) is 0.433. The highest BCUT2D eigenvalue weighted by molar-refractivity contribution is 5.77. The first kappa shape index (κ1) is 27.6. The molecule has 2 aliphatic rings. The maximum Gasteiger partial charge on any atom is 0.220 e. The molecular formula is C30H40N2O6. The first-order valence-corrected chi connectivity index (χ1v) is 13.5. The molecule has 206 valence electrons. The maximum absolute atomic E-state index is 12.5. The van der Waals surface area contributed by atoms with Crippen LogP contribution in [0.5, 0.6) is 23.0 Å². The van der Waals surface area contributed by atoms with Crippen LogP contribution in [0.4, 0.5) is 0 Å². The maximum atomic E-state index is 12.5. The van der Waals surface area contributed by atoms with Crippen LogP contribution in [0.15, 0.2) is 24.3 Å². The summed E-state index contributed by atoms with van der Waals surface area (Å²) in [4.78, 5) is 25.1. The zero-order valence-corrected chi connectivity index (χ0v) is 23.0. The van der Waals surface area contributed by atoms with Gasteiger partial charge in [-0.15, -0.1) is 0 Å². The van der Waals surface area contributed by atoms with Crippen LogP contribution in [-0.2, 0) is 35.3 Å². The van der Waals surface area contributed by atoms with Gasteiger partial charge in [0.2, 0.25) is 11.8 Å². The summed E-state index contributed by atoms with van der Waals surface area (Å²) >= 11 is 0. The molecule has 4 rings (SSSR count). The van der Waals surface area contributed by atoms with Gasteiger partial charge >= 0.3 is 0 Å². The summed E-state index contributed by atoms with van der Waals surface area (Å²) in [6, 6.07) is 8.20. The number of carbonyl (C=O) groups is 2.